The summed E-state index contributed by atoms with van der Waals surface area (Å²) in [5.41, 5.74) is -0.406. The molecule has 4 heteroatoms. The molecule has 17 heavy (non-hydrogen) atoms. The first-order valence-electron chi connectivity index (χ1n) is 6.57. The Morgan fingerprint density at radius 1 is 1.00 bits per heavy atom. The van der Waals surface area contributed by atoms with Gasteiger partial charge in [0.2, 0.25) is 11.8 Å². The lowest BCUT2D eigenvalue weighted by Gasteiger charge is -2.22. The van der Waals surface area contributed by atoms with Gasteiger partial charge in [0.1, 0.15) is 5.60 Å². The van der Waals surface area contributed by atoms with E-state index >= 15 is 0 Å². The lowest BCUT2D eigenvalue weighted by molar-refractivity contribution is -0.139. The van der Waals surface area contributed by atoms with Gasteiger partial charge >= 0.3 is 0 Å². The highest BCUT2D eigenvalue weighted by molar-refractivity contribution is 6.02. The Kier molecular flexibility index (Phi) is 3.02. The van der Waals surface area contributed by atoms with Crippen LogP contribution in [0.3, 0.4) is 0 Å². The minimum absolute atomic E-state index is 0.0422. The largest absolute Gasteiger partial charge is 0.361 e. The third-order valence-electron chi connectivity index (χ3n) is 4.46. The monoisotopic (exact) mass is 239 g/mol. The lowest BCUT2D eigenvalue weighted by Crippen LogP contribution is -2.41. The molecule has 2 aliphatic heterocycles. The van der Waals surface area contributed by atoms with Crippen molar-refractivity contribution in [2.75, 3.05) is 6.54 Å². The molecule has 4 nitrogen and oxygen atoms in total. The fourth-order valence-electron chi connectivity index (χ4n) is 3.12. The minimum atomic E-state index is -0.286. The summed E-state index contributed by atoms with van der Waals surface area (Å²) in [6.45, 7) is 6.73. The van der Waals surface area contributed by atoms with E-state index < -0.39 is 0 Å². The average molecular weight is 239 g/mol. The molecule has 1 atom stereocenters. The zero-order chi connectivity index (χ0) is 12.7. The van der Waals surface area contributed by atoms with Gasteiger partial charge in [0.15, 0.2) is 0 Å². The van der Waals surface area contributed by atoms with E-state index in [1.54, 1.807) is 0 Å². The summed E-state index contributed by atoms with van der Waals surface area (Å²) in [7, 11) is 0. The Hall–Kier alpha value is -0.900. The van der Waals surface area contributed by atoms with Gasteiger partial charge in [-0.15, -0.1) is 0 Å². The van der Waals surface area contributed by atoms with Crippen LogP contribution in [0.15, 0.2) is 0 Å². The molecular weight excluding hydrogens is 218 g/mol. The van der Waals surface area contributed by atoms with Crippen LogP contribution in [0.25, 0.3) is 0 Å². The molecule has 2 aliphatic rings. The second-order valence-electron chi connectivity index (χ2n) is 5.02. The van der Waals surface area contributed by atoms with Crippen molar-refractivity contribution in [3.05, 3.63) is 0 Å². The van der Waals surface area contributed by atoms with E-state index in [1.807, 2.05) is 0 Å². The van der Waals surface area contributed by atoms with E-state index in [-0.39, 0.29) is 23.0 Å². The first-order valence-corrected chi connectivity index (χ1v) is 6.57. The van der Waals surface area contributed by atoms with Crippen LogP contribution in [0, 0.1) is 0 Å². The van der Waals surface area contributed by atoms with Crippen LogP contribution in [0.4, 0.5) is 0 Å². The van der Waals surface area contributed by atoms with Crippen LogP contribution in [-0.2, 0) is 14.3 Å². The zero-order valence-electron chi connectivity index (χ0n) is 10.9. The first kappa shape index (κ1) is 12.6. The Morgan fingerprint density at radius 3 is 1.82 bits per heavy atom. The van der Waals surface area contributed by atoms with Gasteiger partial charge in [0, 0.05) is 12.8 Å². The molecule has 0 bridgehead atoms. The molecule has 2 rings (SSSR count). The van der Waals surface area contributed by atoms with Gasteiger partial charge in [-0.1, -0.05) is 20.8 Å². The number of carbonyl (C=O) groups excluding carboxylic acids is 2. The minimum Gasteiger partial charge on any atom is -0.361 e. The predicted octanol–water partition coefficient (Wildman–Crippen LogP) is 1.87. The highest BCUT2D eigenvalue weighted by Crippen LogP contribution is 2.55. The van der Waals surface area contributed by atoms with Gasteiger partial charge in [-0.2, -0.15) is 0 Å². The topological polar surface area (TPSA) is 49.9 Å². The summed E-state index contributed by atoms with van der Waals surface area (Å²) in [6.07, 6.45) is 3.46. The number of hydrogen-bond acceptors (Lipinski definition) is 3. The normalized spacial score (nSPS) is 31.1. The van der Waals surface area contributed by atoms with Crippen LogP contribution >= 0.6 is 0 Å². The van der Waals surface area contributed by atoms with Crippen molar-refractivity contribution in [1.29, 1.82) is 0 Å². The zero-order valence-corrected chi connectivity index (χ0v) is 10.9. The molecular formula is C13H21NO3. The second-order valence-corrected chi connectivity index (χ2v) is 5.02. The van der Waals surface area contributed by atoms with Crippen LogP contribution in [0.5, 0.6) is 0 Å². The maximum Gasteiger partial charge on any atom is 0.229 e. The Labute approximate surface area is 102 Å². The molecule has 2 amide bonds. The smallest absolute Gasteiger partial charge is 0.229 e. The highest BCUT2D eigenvalue weighted by atomic mass is 16.6. The molecule has 2 fully saturated rings. The molecule has 1 unspecified atom stereocenters. The number of carbonyl (C=O) groups is 2. The maximum atomic E-state index is 11.6. The van der Waals surface area contributed by atoms with Crippen molar-refractivity contribution in [3.63, 3.8) is 0 Å². The van der Waals surface area contributed by atoms with Gasteiger partial charge in [0.25, 0.3) is 0 Å². The fourth-order valence-corrected chi connectivity index (χ4v) is 3.12. The number of rotatable bonds is 5. The highest BCUT2D eigenvalue weighted by Gasteiger charge is 2.67. The van der Waals surface area contributed by atoms with Crippen LogP contribution in [0.1, 0.15) is 52.9 Å². The maximum absolute atomic E-state index is 11.6. The molecule has 0 aromatic carbocycles. The number of hydrogen-bond donors (Lipinski definition) is 0. The van der Waals surface area contributed by atoms with E-state index in [4.69, 9.17) is 4.74 Å². The van der Waals surface area contributed by atoms with Crippen molar-refractivity contribution >= 4 is 11.8 Å². The van der Waals surface area contributed by atoms with E-state index in [1.165, 1.54) is 4.90 Å². The van der Waals surface area contributed by atoms with Crippen LogP contribution < -0.4 is 0 Å². The van der Waals surface area contributed by atoms with Crippen molar-refractivity contribution in [3.8, 4) is 0 Å². The van der Waals surface area contributed by atoms with E-state index in [9.17, 15) is 9.59 Å². The molecule has 96 valence electrons. The summed E-state index contributed by atoms with van der Waals surface area (Å²) in [5, 5.41) is 0. The molecule has 0 aliphatic carbocycles. The molecule has 0 N–H and O–H groups in total. The van der Waals surface area contributed by atoms with Gasteiger partial charge in [0.05, 0.1) is 12.1 Å². The SMILES string of the molecule is CCC1(CC)OC1(CC)CN1C(=O)CCC1=O. The van der Waals surface area contributed by atoms with Crippen LogP contribution in [0.2, 0.25) is 0 Å². The number of nitrogens with zero attached hydrogens (tertiary/aromatic N) is 1. The third kappa shape index (κ3) is 1.69. The lowest BCUT2D eigenvalue weighted by atomic mass is 9.85. The Morgan fingerprint density at radius 2 is 1.47 bits per heavy atom. The number of likely N-dealkylation sites (tertiary alicyclic amines) is 1. The molecule has 0 saturated carbocycles. The van der Waals surface area contributed by atoms with E-state index in [0.29, 0.717) is 19.4 Å². The molecule has 0 aromatic heterocycles. The van der Waals surface area contributed by atoms with E-state index in [0.717, 1.165) is 19.3 Å². The molecule has 0 spiro atoms. The number of amides is 2. The van der Waals surface area contributed by atoms with Gasteiger partial charge in [-0.05, 0) is 19.3 Å². The van der Waals surface area contributed by atoms with Crippen molar-refractivity contribution in [2.24, 2.45) is 0 Å². The van der Waals surface area contributed by atoms with E-state index in [2.05, 4.69) is 20.8 Å². The van der Waals surface area contributed by atoms with Crippen molar-refractivity contribution < 1.29 is 14.3 Å². The number of imide groups is 1. The third-order valence-corrected chi connectivity index (χ3v) is 4.46. The first-order chi connectivity index (χ1) is 8.04. The fraction of sp³-hybridized carbons (Fsp3) is 0.846. The van der Waals surface area contributed by atoms with Gasteiger partial charge in [-0.25, -0.2) is 0 Å². The predicted molar refractivity (Wildman–Crippen MR) is 63.4 cm³/mol. The average Bonchev–Trinajstić information content (AvgIpc) is 2.91. The summed E-state index contributed by atoms with van der Waals surface area (Å²) < 4.78 is 5.95. The van der Waals surface area contributed by atoms with Crippen LogP contribution in [-0.4, -0.2) is 34.5 Å². The molecule has 0 radical (unpaired) electrons. The summed E-state index contributed by atoms with van der Waals surface area (Å²) in [4.78, 5) is 24.7. The molecule has 2 saturated heterocycles. The summed E-state index contributed by atoms with van der Waals surface area (Å²) in [5.74, 6) is -0.0844. The molecule has 0 aromatic rings. The molecule has 2 heterocycles. The summed E-state index contributed by atoms with van der Waals surface area (Å²) >= 11 is 0. The quantitative estimate of drug-likeness (QED) is 0.543. The van der Waals surface area contributed by atoms with Crippen molar-refractivity contribution in [2.45, 2.75) is 64.1 Å². The Bertz CT molecular complexity index is 333. The number of epoxide rings is 1. The summed E-state index contributed by atoms with van der Waals surface area (Å²) in [6, 6.07) is 0. The van der Waals surface area contributed by atoms with Gasteiger partial charge in [-0.3, -0.25) is 14.5 Å². The van der Waals surface area contributed by atoms with Gasteiger partial charge < -0.3 is 4.74 Å². The standard InChI is InChI=1S/C13H21NO3/c1-4-12(5-2)13(6-3,17-12)9-14-10(15)7-8-11(14)16/h4-9H2,1-3H3. The van der Waals surface area contributed by atoms with Crippen molar-refractivity contribution in [1.82, 2.24) is 4.90 Å². The Balaban J connectivity index is 2.12. The second kappa shape index (κ2) is 4.09. The number of ether oxygens (including phenoxy) is 1.